The van der Waals surface area contributed by atoms with Gasteiger partial charge < -0.3 is 10.1 Å². The van der Waals surface area contributed by atoms with E-state index in [9.17, 15) is 8.42 Å². The Morgan fingerprint density at radius 2 is 2.10 bits per heavy atom. The van der Waals surface area contributed by atoms with Crippen molar-refractivity contribution in [2.75, 3.05) is 46.9 Å². The largest absolute Gasteiger partial charge is 0.385 e. The van der Waals surface area contributed by atoms with Crippen LogP contribution in [0.4, 0.5) is 0 Å². The van der Waals surface area contributed by atoms with E-state index in [2.05, 4.69) is 5.32 Å². The number of nitrogens with one attached hydrogen (secondary N) is 1. The molecule has 0 aromatic rings. The second-order valence-electron chi connectivity index (χ2n) is 6.22. The molecule has 21 heavy (non-hydrogen) atoms. The summed E-state index contributed by atoms with van der Waals surface area (Å²) in [5, 5.41) is 3.52. The number of piperidine rings is 1. The number of nitrogens with zero attached hydrogens (tertiary/aromatic N) is 2. The first kappa shape index (κ1) is 17.1. The molecular formula is C14H29N3O3S. The van der Waals surface area contributed by atoms with E-state index in [-0.39, 0.29) is 0 Å². The summed E-state index contributed by atoms with van der Waals surface area (Å²) in [5.74, 6) is 0.446. The average Bonchev–Trinajstić information content (AvgIpc) is 3.30. The van der Waals surface area contributed by atoms with Gasteiger partial charge in [0, 0.05) is 46.4 Å². The zero-order valence-electron chi connectivity index (χ0n) is 13.3. The summed E-state index contributed by atoms with van der Waals surface area (Å²) in [6.45, 7) is 3.35. The van der Waals surface area contributed by atoms with E-state index in [1.165, 1.54) is 17.1 Å². The minimum atomic E-state index is -3.32. The van der Waals surface area contributed by atoms with Gasteiger partial charge in [-0.05, 0) is 44.6 Å². The predicted molar refractivity (Wildman–Crippen MR) is 83.4 cm³/mol. The van der Waals surface area contributed by atoms with E-state index in [1.807, 2.05) is 0 Å². The third-order valence-electron chi connectivity index (χ3n) is 4.30. The lowest BCUT2D eigenvalue weighted by atomic mass is 10.00. The number of hydrogen-bond donors (Lipinski definition) is 1. The average molecular weight is 319 g/mol. The fourth-order valence-corrected chi connectivity index (χ4v) is 4.28. The molecule has 0 aromatic carbocycles. The Morgan fingerprint density at radius 1 is 1.33 bits per heavy atom. The summed E-state index contributed by atoms with van der Waals surface area (Å²) in [6.07, 6.45) is 5.36. The van der Waals surface area contributed by atoms with Crippen LogP contribution in [0.5, 0.6) is 0 Å². The Kier molecular flexibility index (Phi) is 6.43. The van der Waals surface area contributed by atoms with Crippen molar-refractivity contribution in [3.8, 4) is 0 Å². The van der Waals surface area contributed by atoms with Crippen LogP contribution in [0.25, 0.3) is 0 Å². The van der Waals surface area contributed by atoms with E-state index in [4.69, 9.17) is 4.74 Å². The van der Waals surface area contributed by atoms with Crippen LogP contribution in [-0.2, 0) is 14.9 Å². The Bertz CT molecular complexity index is 412. The van der Waals surface area contributed by atoms with Crippen LogP contribution in [0.15, 0.2) is 0 Å². The van der Waals surface area contributed by atoms with Crippen LogP contribution in [-0.4, -0.2) is 70.0 Å². The molecule has 0 radical (unpaired) electrons. The molecule has 0 aromatic heterocycles. The zero-order valence-corrected chi connectivity index (χ0v) is 14.1. The molecule has 1 unspecified atom stereocenters. The fourth-order valence-electron chi connectivity index (χ4n) is 2.77. The molecule has 124 valence electrons. The highest BCUT2D eigenvalue weighted by molar-refractivity contribution is 7.86. The van der Waals surface area contributed by atoms with Crippen molar-refractivity contribution in [1.29, 1.82) is 0 Å². The lowest BCUT2D eigenvalue weighted by Crippen LogP contribution is -2.48. The van der Waals surface area contributed by atoms with Gasteiger partial charge in [-0.3, -0.25) is 0 Å². The lowest BCUT2D eigenvalue weighted by Gasteiger charge is -2.34. The monoisotopic (exact) mass is 319 g/mol. The smallest absolute Gasteiger partial charge is 0.281 e. The van der Waals surface area contributed by atoms with Crippen molar-refractivity contribution in [1.82, 2.24) is 13.9 Å². The molecule has 1 aliphatic carbocycles. The minimum Gasteiger partial charge on any atom is -0.385 e. The highest BCUT2D eigenvalue weighted by Crippen LogP contribution is 2.23. The van der Waals surface area contributed by atoms with Gasteiger partial charge in [-0.15, -0.1) is 0 Å². The molecule has 0 amide bonds. The summed E-state index contributed by atoms with van der Waals surface area (Å²) in [5.41, 5.74) is 0. The van der Waals surface area contributed by atoms with Crippen molar-refractivity contribution < 1.29 is 13.2 Å². The maximum atomic E-state index is 12.6. The van der Waals surface area contributed by atoms with Crippen LogP contribution in [0.1, 0.15) is 32.1 Å². The number of ether oxygens (including phenoxy) is 1. The van der Waals surface area contributed by atoms with Gasteiger partial charge in [0.25, 0.3) is 10.2 Å². The number of rotatable bonds is 9. The molecule has 1 aliphatic heterocycles. The maximum absolute atomic E-state index is 12.6. The topological polar surface area (TPSA) is 61.9 Å². The molecule has 0 spiro atoms. The highest BCUT2D eigenvalue weighted by Gasteiger charge is 2.32. The van der Waals surface area contributed by atoms with E-state index in [0.29, 0.717) is 38.2 Å². The first-order chi connectivity index (χ1) is 10.0. The van der Waals surface area contributed by atoms with Crippen molar-refractivity contribution >= 4 is 10.2 Å². The molecule has 1 saturated carbocycles. The quantitative estimate of drug-likeness (QED) is 0.634. The molecule has 2 rings (SSSR count). The van der Waals surface area contributed by atoms with Gasteiger partial charge in [0.15, 0.2) is 0 Å². The standard InChI is InChI=1S/C14H29N3O3S/c1-16(8-4-10-20-2)21(18,19)17-9-3-5-13(12-17)11-15-14-6-7-14/h13-15H,3-12H2,1-2H3. The fraction of sp³-hybridized carbons (Fsp3) is 1.00. The van der Waals surface area contributed by atoms with E-state index >= 15 is 0 Å². The number of hydrogen-bond acceptors (Lipinski definition) is 4. The molecule has 1 atom stereocenters. The van der Waals surface area contributed by atoms with E-state index in [1.54, 1.807) is 18.5 Å². The normalized spacial score (nSPS) is 24.6. The first-order valence-corrected chi connectivity index (χ1v) is 9.37. The predicted octanol–water partition coefficient (Wildman–Crippen LogP) is 0.664. The van der Waals surface area contributed by atoms with Gasteiger partial charge in [-0.25, -0.2) is 0 Å². The summed E-state index contributed by atoms with van der Waals surface area (Å²) in [7, 11) is -0.0158. The third kappa shape index (κ3) is 5.17. The minimum absolute atomic E-state index is 0.446. The second-order valence-corrected chi connectivity index (χ2v) is 8.26. The third-order valence-corrected chi connectivity index (χ3v) is 6.25. The Morgan fingerprint density at radius 3 is 2.76 bits per heavy atom. The van der Waals surface area contributed by atoms with Gasteiger partial charge in [-0.2, -0.15) is 17.0 Å². The molecule has 1 heterocycles. The highest BCUT2D eigenvalue weighted by atomic mass is 32.2. The van der Waals surface area contributed by atoms with Gasteiger partial charge in [0.05, 0.1) is 0 Å². The molecule has 1 saturated heterocycles. The maximum Gasteiger partial charge on any atom is 0.281 e. The summed E-state index contributed by atoms with van der Waals surface area (Å²) in [6, 6.07) is 0.689. The number of methoxy groups -OCH3 is 1. The molecule has 2 aliphatic rings. The van der Waals surface area contributed by atoms with Crippen LogP contribution in [0.3, 0.4) is 0 Å². The molecule has 1 N–H and O–H groups in total. The molecule has 0 bridgehead atoms. The molecule has 2 fully saturated rings. The SMILES string of the molecule is COCCCN(C)S(=O)(=O)N1CCCC(CNC2CC2)C1. The zero-order chi connectivity index (χ0) is 15.3. The Labute approximate surface area is 129 Å². The Balaban J connectivity index is 1.82. The van der Waals surface area contributed by atoms with Crippen molar-refractivity contribution in [3.63, 3.8) is 0 Å². The van der Waals surface area contributed by atoms with Crippen LogP contribution in [0, 0.1) is 5.92 Å². The van der Waals surface area contributed by atoms with E-state index < -0.39 is 10.2 Å². The van der Waals surface area contributed by atoms with Crippen LogP contribution >= 0.6 is 0 Å². The van der Waals surface area contributed by atoms with Crippen LogP contribution in [0.2, 0.25) is 0 Å². The van der Waals surface area contributed by atoms with Crippen molar-refractivity contribution in [2.45, 2.75) is 38.1 Å². The summed E-state index contributed by atoms with van der Waals surface area (Å²) >= 11 is 0. The molecule has 6 nitrogen and oxygen atoms in total. The lowest BCUT2D eigenvalue weighted by molar-refractivity contribution is 0.187. The van der Waals surface area contributed by atoms with Crippen molar-refractivity contribution in [3.05, 3.63) is 0 Å². The molecular weight excluding hydrogens is 290 g/mol. The van der Waals surface area contributed by atoms with Crippen LogP contribution < -0.4 is 5.32 Å². The first-order valence-electron chi connectivity index (χ1n) is 7.97. The van der Waals surface area contributed by atoms with E-state index in [0.717, 1.165) is 25.8 Å². The van der Waals surface area contributed by atoms with Gasteiger partial charge >= 0.3 is 0 Å². The summed E-state index contributed by atoms with van der Waals surface area (Å²) < 4.78 is 33.2. The van der Waals surface area contributed by atoms with Gasteiger partial charge in [-0.1, -0.05) is 0 Å². The van der Waals surface area contributed by atoms with Gasteiger partial charge in [0.1, 0.15) is 0 Å². The van der Waals surface area contributed by atoms with Gasteiger partial charge in [0.2, 0.25) is 0 Å². The van der Waals surface area contributed by atoms with Crippen molar-refractivity contribution in [2.24, 2.45) is 5.92 Å². The Hall–Kier alpha value is -0.210. The summed E-state index contributed by atoms with van der Waals surface area (Å²) in [4.78, 5) is 0. The molecule has 7 heteroatoms. The second kappa shape index (κ2) is 7.87.